The molecular weight excluding hydrogens is 362 g/mol. The second-order valence-corrected chi connectivity index (χ2v) is 8.80. The molecule has 4 rings (SSSR count). The highest BCUT2D eigenvalue weighted by Gasteiger charge is 2.31. The third-order valence-electron chi connectivity index (χ3n) is 4.52. The van der Waals surface area contributed by atoms with Crippen molar-refractivity contribution in [3.63, 3.8) is 0 Å². The van der Waals surface area contributed by atoms with Crippen molar-refractivity contribution in [2.75, 3.05) is 5.75 Å². The van der Waals surface area contributed by atoms with Crippen molar-refractivity contribution < 1.29 is 9.90 Å². The number of para-hydroxylation sites is 1. The number of benzene rings is 2. The lowest BCUT2D eigenvalue weighted by molar-refractivity contribution is -0.136. The van der Waals surface area contributed by atoms with Gasteiger partial charge in [-0.15, -0.1) is 30.1 Å². The molecule has 0 amide bonds. The second kappa shape index (κ2) is 7.25. The standard InChI is InChI=1S/C21H19NO2S2/c1-2-12-22-16-9-5-3-7-14(16)19-20(22)15-8-4-6-10-17(15)26-21(19)25-13-11-18(23)24/h2-10,21H,1,11-13H2,(H,23,24). The summed E-state index contributed by atoms with van der Waals surface area (Å²) in [5, 5.41) is 10.3. The number of allylic oxidation sites excluding steroid dienone is 1. The first-order chi connectivity index (χ1) is 12.7. The van der Waals surface area contributed by atoms with Gasteiger partial charge in [0.15, 0.2) is 0 Å². The number of aliphatic carboxylic acids is 1. The molecule has 5 heteroatoms. The first-order valence-corrected chi connectivity index (χ1v) is 10.4. The maximum Gasteiger partial charge on any atom is 0.304 e. The van der Waals surface area contributed by atoms with Gasteiger partial charge in [-0.1, -0.05) is 42.5 Å². The van der Waals surface area contributed by atoms with Gasteiger partial charge >= 0.3 is 5.97 Å². The van der Waals surface area contributed by atoms with Gasteiger partial charge in [-0.05, 0) is 12.1 Å². The molecule has 1 aliphatic heterocycles. The van der Waals surface area contributed by atoms with Crippen LogP contribution in [0.2, 0.25) is 0 Å². The fourth-order valence-corrected chi connectivity index (χ4v) is 6.31. The summed E-state index contributed by atoms with van der Waals surface area (Å²) >= 11 is 3.55. The average molecular weight is 382 g/mol. The van der Waals surface area contributed by atoms with E-state index in [-0.39, 0.29) is 11.0 Å². The lowest BCUT2D eigenvalue weighted by atomic mass is 10.1. The van der Waals surface area contributed by atoms with Gasteiger partial charge in [-0.2, -0.15) is 0 Å². The Kier molecular flexibility index (Phi) is 4.83. The number of carboxylic acids is 1. The Balaban J connectivity index is 1.91. The van der Waals surface area contributed by atoms with Gasteiger partial charge in [0.1, 0.15) is 0 Å². The zero-order chi connectivity index (χ0) is 18.1. The van der Waals surface area contributed by atoms with Crippen LogP contribution >= 0.6 is 23.5 Å². The second-order valence-electron chi connectivity index (χ2n) is 6.14. The van der Waals surface area contributed by atoms with Crippen LogP contribution in [-0.4, -0.2) is 21.4 Å². The van der Waals surface area contributed by atoms with E-state index in [1.807, 2.05) is 17.8 Å². The molecule has 0 saturated heterocycles. The van der Waals surface area contributed by atoms with Crippen molar-refractivity contribution in [2.45, 2.75) is 22.4 Å². The topological polar surface area (TPSA) is 42.2 Å². The van der Waals surface area contributed by atoms with Gasteiger partial charge in [0, 0.05) is 39.2 Å². The van der Waals surface area contributed by atoms with E-state index in [0.717, 1.165) is 6.54 Å². The van der Waals surface area contributed by atoms with E-state index in [9.17, 15) is 4.79 Å². The zero-order valence-electron chi connectivity index (χ0n) is 14.2. The van der Waals surface area contributed by atoms with Crippen LogP contribution < -0.4 is 0 Å². The third kappa shape index (κ3) is 2.95. The normalized spacial score (nSPS) is 15.5. The van der Waals surface area contributed by atoms with Crippen LogP contribution in [-0.2, 0) is 11.3 Å². The van der Waals surface area contributed by atoms with Crippen LogP contribution in [0.3, 0.4) is 0 Å². The number of hydrogen-bond donors (Lipinski definition) is 1. The number of hydrogen-bond acceptors (Lipinski definition) is 3. The highest BCUT2D eigenvalue weighted by atomic mass is 32.2. The molecule has 0 fully saturated rings. The average Bonchev–Trinajstić information content (AvgIpc) is 2.97. The third-order valence-corrected chi connectivity index (χ3v) is 7.25. The lowest BCUT2D eigenvalue weighted by Crippen LogP contribution is -2.06. The van der Waals surface area contributed by atoms with Gasteiger partial charge in [-0.3, -0.25) is 4.79 Å². The molecule has 0 bridgehead atoms. The van der Waals surface area contributed by atoms with E-state index < -0.39 is 5.97 Å². The van der Waals surface area contributed by atoms with E-state index in [1.165, 1.54) is 32.6 Å². The van der Waals surface area contributed by atoms with Gasteiger partial charge in [0.25, 0.3) is 0 Å². The molecule has 0 spiro atoms. The molecule has 26 heavy (non-hydrogen) atoms. The molecule has 2 heterocycles. The van der Waals surface area contributed by atoms with E-state index in [2.05, 4.69) is 59.7 Å². The Labute approximate surface area is 161 Å². The summed E-state index contributed by atoms with van der Waals surface area (Å²) in [6, 6.07) is 17.0. The van der Waals surface area contributed by atoms with Gasteiger partial charge < -0.3 is 9.67 Å². The molecule has 1 aliphatic rings. The first-order valence-electron chi connectivity index (χ1n) is 8.52. The number of carboxylic acid groups (broad SMARTS) is 1. The Morgan fingerprint density at radius 2 is 2.00 bits per heavy atom. The Hall–Kier alpha value is -2.11. The minimum Gasteiger partial charge on any atom is -0.481 e. The smallest absolute Gasteiger partial charge is 0.304 e. The Morgan fingerprint density at radius 1 is 1.23 bits per heavy atom. The minimum absolute atomic E-state index is 0.185. The monoisotopic (exact) mass is 381 g/mol. The Bertz CT molecular complexity index is 993. The summed E-state index contributed by atoms with van der Waals surface area (Å²) in [5.41, 5.74) is 5.01. The minimum atomic E-state index is -0.743. The molecule has 3 nitrogen and oxygen atoms in total. The fraction of sp³-hybridized carbons (Fsp3) is 0.190. The molecule has 1 N–H and O–H groups in total. The summed E-state index contributed by atoms with van der Waals surface area (Å²) in [6.45, 7) is 4.69. The van der Waals surface area contributed by atoms with Crippen molar-refractivity contribution in [3.8, 4) is 11.3 Å². The van der Waals surface area contributed by atoms with Gasteiger partial charge in [0.05, 0.1) is 16.7 Å². The Morgan fingerprint density at radius 3 is 2.81 bits per heavy atom. The summed E-state index contributed by atoms with van der Waals surface area (Å²) in [5.74, 6) is -0.136. The number of aromatic nitrogens is 1. The van der Waals surface area contributed by atoms with E-state index >= 15 is 0 Å². The number of thioether (sulfide) groups is 2. The number of nitrogens with zero attached hydrogens (tertiary/aromatic N) is 1. The lowest BCUT2D eigenvalue weighted by Gasteiger charge is -2.26. The van der Waals surface area contributed by atoms with Crippen LogP contribution in [0.15, 0.2) is 66.1 Å². The fourth-order valence-electron chi connectivity index (χ4n) is 3.49. The van der Waals surface area contributed by atoms with Crippen LogP contribution in [0.25, 0.3) is 22.2 Å². The predicted molar refractivity (Wildman–Crippen MR) is 111 cm³/mol. The summed E-state index contributed by atoms with van der Waals surface area (Å²) < 4.78 is 2.52. The number of carbonyl (C=O) groups is 1. The molecule has 0 radical (unpaired) electrons. The van der Waals surface area contributed by atoms with Crippen molar-refractivity contribution in [3.05, 3.63) is 66.7 Å². The highest BCUT2D eigenvalue weighted by Crippen LogP contribution is 2.56. The summed E-state index contributed by atoms with van der Waals surface area (Å²) in [6.07, 6.45) is 2.12. The molecule has 0 aliphatic carbocycles. The van der Waals surface area contributed by atoms with Crippen LogP contribution in [0.1, 0.15) is 16.6 Å². The van der Waals surface area contributed by atoms with Crippen LogP contribution in [0.5, 0.6) is 0 Å². The van der Waals surface area contributed by atoms with Crippen LogP contribution in [0.4, 0.5) is 0 Å². The predicted octanol–water partition coefficient (Wildman–Crippen LogP) is 5.81. The SMILES string of the molecule is C=CCn1c2c(c3ccccc31)C(SCCC(=O)O)Sc1ccccc1-2. The quantitative estimate of drug-likeness (QED) is 0.547. The van der Waals surface area contributed by atoms with Crippen molar-refractivity contribution in [1.29, 1.82) is 0 Å². The van der Waals surface area contributed by atoms with Crippen LogP contribution in [0, 0.1) is 0 Å². The zero-order valence-corrected chi connectivity index (χ0v) is 15.9. The highest BCUT2D eigenvalue weighted by molar-refractivity contribution is 8.16. The number of rotatable bonds is 6. The number of fused-ring (bicyclic) bond motifs is 5. The van der Waals surface area contributed by atoms with Crippen molar-refractivity contribution in [2.24, 2.45) is 0 Å². The molecule has 132 valence electrons. The molecule has 1 unspecified atom stereocenters. The van der Waals surface area contributed by atoms with E-state index in [4.69, 9.17) is 5.11 Å². The summed E-state index contributed by atoms with van der Waals surface area (Å²) in [4.78, 5) is 12.2. The molecule has 3 aromatic rings. The van der Waals surface area contributed by atoms with Crippen molar-refractivity contribution in [1.82, 2.24) is 4.57 Å². The first kappa shape index (κ1) is 17.3. The maximum atomic E-state index is 11.0. The van der Waals surface area contributed by atoms with Gasteiger partial charge in [-0.25, -0.2) is 0 Å². The molecule has 1 aromatic heterocycles. The van der Waals surface area contributed by atoms with E-state index in [1.54, 1.807) is 11.8 Å². The van der Waals surface area contributed by atoms with Gasteiger partial charge in [0.2, 0.25) is 0 Å². The molecule has 0 saturated carbocycles. The summed E-state index contributed by atoms with van der Waals surface area (Å²) in [7, 11) is 0. The molecule has 2 aromatic carbocycles. The molecule has 1 atom stereocenters. The molecular formula is C21H19NO2S2. The maximum absolute atomic E-state index is 11.0. The van der Waals surface area contributed by atoms with Crippen molar-refractivity contribution >= 4 is 40.4 Å². The largest absolute Gasteiger partial charge is 0.481 e. The van der Waals surface area contributed by atoms with E-state index in [0.29, 0.717) is 5.75 Å².